The third kappa shape index (κ3) is 5.45. The summed E-state index contributed by atoms with van der Waals surface area (Å²) in [6.45, 7) is -0.0620. The van der Waals surface area contributed by atoms with Crippen LogP contribution in [-0.4, -0.2) is 53.8 Å². The summed E-state index contributed by atoms with van der Waals surface area (Å²) in [7, 11) is 0. The van der Waals surface area contributed by atoms with Crippen LogP contribution in [0.4, 0.5) is 5.69 Å². The molecule has 0 bridgehead atoms. The molecule has 0 aromatic heterocycles. The third-order valence-electron chi connectivity index (χ3n) is 5.49. The van der Waals surface area contributed by atoms with E-state index in [9.17, 15) is 9.59 Å². The van der Waals surface area contributed by atoms with Crippen molar-refractivity contribution >= 4 is 17.4 Å². The number of ether oxygens (including phenoxy) is 1. The summed E-state index contributed by atoms with van der Waals surface area (Å²) < 4.78 is 5.73. The number of nitrogens with one attached hydrogen (secondary N) is 2. The minimum absolute atomic E-state index is 0.0381. The molecule has 1 heterocycles. The van der Waals surface area contributed by atoms with Gasteiger partial charge in [-0.05, 0) is 31.0 Å². The SMILES string of the molecule is O=C(CC(CO)CO)CC1COc2ccc(C(=O)NC3CCCCC3)cc2N1. The van der Waals surface area contributed by atoms with Crippen molar-refractivity contribution in [3.05, 3.63) is 23.8 Å². The Morgan fingerprint density at radius 2 is 1.93 bits per heavy atom. The van der Waals surface area contributed by atoms with Gasteiger partial charge >= 0.3 is 0 Å². The largest absolute Gasteiger partial charge is 0.489 e. The summed E-state index contributed by atoms with van der Waals surface area (Å²) in [5.41, 5.74) is 1.29. The molecule has 7 heteroatoms. The average molecular weight is 390 g/mol. The quantitative estimate of drug-likeness (QED) is 0.540. The molecule has 1 atom stereocenters. The van der Waals surface area contributed by atoms with Gasteiger partial charge in [0, 0.05) is 43.6 Å². The molecular weight excluding hydrogens is 360 g/mol. The first-order chi connectivity index (χ1) is 13.6. The van der Waals surface area contributed by atoms with Crippen molar-refractivity contribution in [3.63, 3.8) is 0 Å². The van der Waals surface area contributed by atoms with Gasteiger partial charge in [0.05, 0.1) is 11.7 Å². The summed E-state index contributed by atoms with van der Waals surface area (Å²) in [6.07, 6.45) is 6.01. The number of benzene rings is 1. The number of hydrogen-bond donors (Lipinski definition) is 4. The Morgan fingerprint density at radius 1 is 1.18 bits per heavy atom. The Bertz CT molecular complexity index is 683. The first kappa shape index (κ1) is 20.6. The van der Waals surface area contributed by atoms with Gasteiger partial charge in [-0.3, -0.25) is 9.59 Å². The van der Waals surface area contributed by atoms with Crippen molar-refractivity contribution in [3.8, 4) is 5.75 Å². The molecule has 1 fully saturated rings. The first-order valence-corrected chi connectivity index (χ1v) is 10.2. The lowest BCUT2D eigenvalue weighted by molar-refractivity contribution is -0.121. The predicted octanol–water partition coefficient (Wildman–Crippen LogP) is 1.87. The molecule has 1 saturated carbocycles. The molecule has 1 aromatic rings. The van der Waals surface area contributed by atoms with Gasteiger partial charge in [0.15, 0.2) is 0 Å². The molecule has 1 aliphatic carbocycles. The maximum absolute atomic E-state index is 12.6. The second-order valence-corrected chi connectivity index (χ2v) is 7.85. The number of fused-ring (bicyclic) bond motifs is 1. The topological polar surface area (TPSA) is 108 Å². The highest BCUT2D eigenvalue weighted by Crippen LogP contribution is 2.31. The third-order valence-corrected chi connectivity index (χ3v) is 5.49. The molecule has 154 valence electrons. The van der Waals surface area contributed by atoms with E-state index in [1.54, 1.807) is 18.2 Å². The van der Waals surface area contributed by atoms with E-state index in [2.05, 4.69) is 10.6 Å². The number of aliphatic hydroxyl groups excluding tert-OH is 2. The van der Waals surface area contributed by atoms with Crippen molar-refractivity contribution in [1.82, 2.24) is 5.32 Å². The van der Waals surface area contributed by atoms with Crippen LogP contribution in [-0.2, 0) is 4.79 Å². The molecule has 1 amide bonds. The molecule has 7 nitrogen and oxygen atoms in total. The summed E-state index contributed by atoms with van der Waals surface area (Å²) in [5, 5.41) is 24.6. The van der Waals surface area contributed by atoms with Crippen LogP contribution in [0.1, 0.15) is 55.3 Å². The van der Waals surface area contributed by atoms with Crippen LogP contribution in [0.2, 0.25) is 0 Å². The van der Waals surface area contributed by atoms with E-state index in [0.717, 1.165) is 25.7 Å². The lowest BCUT2D eigenvalue weighted by Crippen LogP contribution is -2.37. The van der Waals surface area contributed by atoms with Crippen LogP contribution in [0.15, 0.2) is 18.2 Å². The number of ketones is 1. The maximum atomic E-state index is 12.6. The molecule has 0 saturated heterocycles. The van der Waals surface area contributed by atoms with E-state index in [1.165, 1.54) is 6.42 Å². The van der Waals surface area contributed by atoms with Crippen molar-refractivity contribution in [1.29, 1.82) is 0 Å². The summed E-state index contributed by atoms with van der Waals surface area (Å²) in [5.74, 6) is 0.133. The number of Topliss-reactive ketones (excluding diaryl/α,β-unsaturated/α-hetero) is 1. The zero-order chi connectivity index (χ0) is 19.9. The van der Waals surface area contributed by atoms with E-state index in [-0.39, 0.29) is 49.8 Å². The van der Waals surface area contributed by atoms with Crippen molar-refractivity contribution in [2.24, 2.45) is 5.92 Å². The molecule has 1 aromatic carbocycles. The van der Waals surface area contributed by atoms with E-state index in [1.807, 2.05) is 0 Å². The molecule has 28 heavy (non-hydrogen) atoms. The average Bonchev–Trinajstić information content (AvgIpc) is 2.72. The van der Waals surface area contributed by atoms with Gasteiger partial charge in [-0.15, -0.1) is 0 Å². The van der Waals surface area contributed by atoms with Crippen molar-refractivity contribution in [2.75, 3.05) is 25.1 Å². The van der Waals surface area contributed by atoms with E-state index in [0.29, 0.717) is 23.6 Å². The number of aliphatic hydroxyl groups is 2. The maximum Gasteiger partial charge on any atom is 0.251 e. The Balaban J connectivity index is 1.58. The molecule has 1 aliphatic heterocycles. The number of hydrogen-bond acceptors (Lipinski definition) is 6. The smallest absolute Gasteiger partial charge is 0.251 e. The number of carbonyl (C=O) groups excluding carboxylic acids is 2. The minimum atomic E-state index is -0.417. The lowest BCUT2D eigenvalue weighted by atomic mass is 9.95. The van der Waals surface area contributed by atoms with Gasteiger partial charge in [-0.1, -0.05) is 19.3 Å². The zero-order valence-corrected chi connectivity index (χ0v) is 16.2. The van der Waals surface area contributed by atoms with Crippen LogP contribution in [0.25, 0.3) is 0 Å². The normalized spacial score (nSPS) is 19.5. The molecule has 2 aliphatic rings. The second-order valence-electron chi connectivity index (χ2n) is 7.85. The Morgan fingerprint density at radius 3 is 2.64 bits per heavy atom. The first-order valence-electron chi connectivity index (χ1n) is 10.2. The summed E-state index contributed by atoms with van der Waals surface area (Å²) >= 11 is 0. The fourth-order valence-electron chi connectivity index (χ4n) is 3.85. The fraction of sp³-hybridized carbons (Fsp3) is 0.619. The predicted molar refractivity (Wildman–Crippen MR) is 106 cm³/mol. The Kier molecular flexibility index (Phi) is 7.28. The molecular formula is C21H30N2O5. The highest BCUT2D eigenvalue weighted by atomic mass is 16.5. The highest BCUT2D eigenvalue weighted by Gasteiger charge is 2.24. The van der Waals surface area contributed by atoms with Crippen LogP contribution in [0, 0.1) is 5.92 Å². The van der Waals surface area contributed by atoms with Gasteiger partial charge in [0.2, 0.25) is 0 Å². The van der Waals surface area contributed by atoms with Crippen LogP contribution in [0.3, 0.4) is 0 Å². The molecule has 0 radical (unpaired) electrons. The van der Waals surface area contributed by atoms with E-state index < -0.39 is 5.92 Å². The number of amides is 1. The zero-order valence-electron chi connectivity index (χ0n) is 16.2. The van der Waals surface area contributed by atoms with Gasteiger partial charge in [0.1, 0.15) is 18.1 Å². The number of rotatable bonds is 8. The molecule has 1 unspecified atom stereocenters. The minimum Gasteiger partial charge on any atom is -0.489 e. The van der Waals surface area contributed by atoms with Crippen LogP contribution >= 0.6 is 0 Å². The van der Waals surface area contributed by atoms with Gasteiger partial charge in [-0.2, -0.15) is 0 Å². The summed E-state index contributed by atoms with van der Waals surface area (Å²) in [4.78, 5) is 24.7. The van der Waals surface area contributed by atoms with Gasteiger partial charge in [-0.25, -0.2) is 0 Å². The lowest BCUT2D eigenvalue weighted by Gasteiger charge is -2.28. The monoisotopic (exact) mass is 390 g/mol. The fourth-order valence-corrected chi connectivity index (χ4v) is 3.85. The van der Waals surface area contributed by atoms with Crippen molar-refractivity contribution < 1.29 is 24.5 Å². The van der Waals surface area contributed by atoms with E-state index >= 15 is 0 Å². The second kappa shape index (κ2) is 9.89. The van der Waals surface area contributed by atoms with Crippen LogP contribution in [0.5, 0.6) is 5.75 Å². The molecule has 4 N–H and O–H groups in total. The van der Waals surface area contributed by atoms with Gasteiger partial charge < -0.3 is 25.6 Å². The molecule has 3 rings (SSSR count). The molecule has 0 spiro atoms. The Hall–Kier alpha value is -2.12. The van der Waals surface area contributed by atoms with Crippen LogP contribution < -0.4 is 15.4 Å². The van der Waals surface area contributed by atoms with Gasteiger partial charge in [0.25, 0.3) is 5.91 Å². The number of anilines is 1. The van der Waals surface area contributed by atoms with E-state index in [4.69, 9.17) is 14.9 Å². The highest BCUT2D eigenvalue weighted by molar-refractivity contribution is 5.96. The Labute approximate surface area is 165 Å². The standard InChI is InChI=1S/C21H30N2O5/c24-11-14(12-25)8-18(26)10-17-13-28-20-7-6-15(9-19(20)22-17)21(27)23-16-4-2-1-3-5-16/h6-7,9,14,16-17,22,24-25H,1-5,8,10-13H2,(H,23,27). The van der Waals surface area contributed by atoms with Crippen molar-refractivity contribution in [2.45, 2.75) is 57.0 Å². The summed E-state index contributed by atoms with van der Waals surface area (Å²) in [6, 6.07) is 5.36. The number of carbonyl (C=O) groups is 2.